The molecule has 1 saturated carbocycles. The van der Waals surface area contributed by atoms with Crippen LogP contribution in [0.25, 0.3) is 0 Å². The SMILES string of the molecule is CC(C)(C)OC(=O)N1CCC(N2C(=O)N(C3CCCCC3)C[C@H]2c2cccc(Cl)c2)CC1. The van der Waals surface area contributed by atoms with Crippen molar-refractivity contribution in [1.29, 1.82) is 0 Å². The number of nitrogens with zero attached hydrogens (tertiary/aromatic N) is 3. The highest BCUT2D eigenvalue weighted by Crippen LogP contribution is 2.38. The predicted octanol–water partition coefficient (Wildman–Crippen LogP) is 5.85. The molecule has 0 aromatic heterocycles. The van der Waals surface area contributed by atoms with E-state index >= 15 is 0 Å². The standard InChI is InChI=1S/C25H36ClN3O3/c1-25(2,3)32-24(31)27-14-12-21(13-15-27)29-22(18-8-7-9-19(26)16-18)17-28(23(29)30)20-10-5-4-6-11-20/h7-9,16,20-22H,4-6,10-15,17H2,1-3H3/t22-/m0/s1. The van der Waals surface area contributed by atoms with Crippen LogP contribution in [0.2, 0.25) is 5.02 Å². The molecule has 0 unspecified atom stereocenters. The van der Waals surface area contributed by atoms with E-state index in [-0.39, 0.29) is 24.2 Å². The molecule has 0 spiro atoms. The van der Waals surface area contributed by atoms with Crippen LogP contribution in [0.3, 0.4) is 0 Å². The number of hydrogen-bond donors (Lipinski definition) is 0. The van der Waals surface area contributed by atoms with Gasteiger partial charge >= 0.3 is 12.1 Å². The maximum atomic E-state index is 13.7. The molecule has 6 nitrogen and oxygen atoms in total. The van der Waals surface area contributed by atoms with Gasteiger partial charge < -0.3 is 19.4 Å². The summed E-state index contributed by atoms with van der Waals surface area (Å²) >= 11 is 6.31. The van der Waals surface area contributed by atoms with Gasteiger partial charge in [-0.2, -0.15) is 0 Å². The first-order valence-corrected chi connectivity index (χ1v) is 12.4. The van der Waals surface area contributed by atoms with Gasteiger partial charge in [-0.1, -0.05) is 43.0 Å². The molecule has 4 rings (SSSR count). The molecule has 1 aromatic carbocycles. The Labute approximate surface area is 196 Å². The van der Waals surface area contributed by atoms with E-state index in [1.54, 1.807) is 4.90 Å². The summed E-state index contributed by atoms with van der Waals surface area (Å²) in [5, 5.41) is 0.700. The van der Waals surface area contributed by atoms with Crippen molar-refractivity contribution < 1.29 is 14.3 Å². The van der Waals surface area contributed by atoms with Crippen molar-refractivity contribution >= 4 is 23.7 Å². The van der Waals surface area contributed by atoms with E-state index in [4.69, 9.17) is 16.3 Å². The van der Waals surface area contributed by atoms with Crippen LogP contribution in [0, 0.1) is 0 Å². The van der Waals surface area contributed by atoms with Crippen molar-refractivity contribution in [3.05, 3.63) is 34.9 Å². The van der Waals surface area contributed by atoms with Crippen molar-refractivity contribution in [3.8, 4) is 0 Å². The first-order chi connectivity index (χ1) is 15.2. The third kappa shape index (κ3) is 5.16. The summed E-state index contributed by atoms with van der Waals surface area (Å²) in [4.78, 5) is 32.2. The Balaban J connectivity index is 1.50. The Morgan fingerprint density at radius 2 is 1.72 bits per heavy atom. The summed E-state index contributed by atoms with van der Waals surface area (Å²) in [5.41, 5.74) is 0.593. The van der Waals surface area contributed by atoms with Crippen LogP contribution in [-0.2, 0) is 4.74 Å². The minimum atomic E-state index is -0.503. The molecule has 176 valence electrons. The molecule has 3 fully saturated rings. The van der Waals surface area contributed by atoms with E-state index in [0.29, 0.717) is 24.2 Å². The largest absolute Gasteiger partial charge is 0.444 e. The van der Waals surface area contributed by atoms with Gasteiger partial charge in [0.2, 0.25) is 0 Å². The van der Waals surface area contributed by atoms with Crippen LogP contribution in [0.5, 0.6) is 0 Å². The lowest BCUT2D eigenvalue weighted by atomic mass is 9.94. The summed E-state index contributed by atoms with van der Waals surface area (Å²) in [5.74, 6) is 0. The fourth-order valence-corrected chi connectivity index (χ4v) is 5.57. The average Bonchev–Trinajstić information content (AvgIpc) is 3.10. The first-order valence-electron chi connectivity index (χ1n) is 12.1. The predicted molar refractivity (Wildman–Crippen MR) is 126 cm³/mol. The first kappa shape index (κ1) is 23.2. The third-order valence-electron chi connectivity index (χ3n) is 6.93. The summed E-state index contributed by atoms with van der Waals surface area (Å²) in [6, 6.07) is 8.52. The van der Waals surface area contributed by atoms with Crippen LogP contribution < -0.4 is 0 Å². The summed E-state index contributed by atoms with van der Waals surface area (Å²) in [7, 11) is 0. The maximum Gasteiger partial charge on any atom is 0.410 e. The number of likely N-dealkylation sites (tertiary alicyclic amines) is 1. The van der Waals surface area contributed by atoms with Gasteiger partial charge in [-0.25, -0.2) is 9.59 Å². The highest BCUT2D eigenvalue weighted by atomic mass is 35.5. The Morgan fingerprint density at radius 1 is 1.03 bits per heavy atom. The molecule has 0 N–H and O–H groups in total. The number of halogens is 1. The smallest absolute Gasteiger partial charge is 0.410 e. The number of hydrogen-bond acceptors (Lipinski definition) is 3. The van der Waals surface area contributed by atoms with E-state index in [1.807, 2.05) is 39.0 Å². The number of urea groups is 1. The molecule has 3 amide bonds. The zero-order valence-electron chi connectivity index (χ0n) is 19.6. The fraction of sp³-hybridized carbons (Fsp3) is 0.680. The highest BCUT2D eigenvalue weighted by Gasteiger charge is 2.45. The van der Waals surface area contributed by atoms with Crippen LogP contribution in [0.1, 0.15) is 77.3 Å². The molecular weight excluding hydrogens is 426 g/mol. The van der Waals surface area contributed by atoms with Crippen molar-refractivity contribution in [2.24, 2.45) is 0 Å². The molecular formula is C25H36ClN3O3. The molecule has 2 saturated heterocycles. The number of amides is 3. The number of rotatable bonds is 3. The van der Waals surface area contributed by atoms with Crippen LogP contribution >= 0.6 is 11.6 Å². The molecule has 2 heterocycles. The van der Waals surface area contributed by atoms with Crippen molar-refractivity contribution in [2.75, 3.05) is 19.6 Å². The molecule has 7 heteroatoms. The van der Waals surface area contributed by atoms with E-state index in [1.165, 1.54) is 19.3 Å². The Morgan fingerprint density at radius 3 is 2.34 bits per heavy atom. The number of piperidine rings is 1. The van der Waals surface area contributed by atoms with Gasteiger partial charge in [0.05, 0.1) is 6.04 Å². The normalized spacial score (nSPS) is 23.7. The minimum Gasteiger partial charge on any atom is -0.444 e. The second kappa shape index (κ2) is 9.50. The Hall–Kier alpha value is -1.95. The molecule has 1 aromatic rings. The van der Waals surface area contributed by atoms with Crippen LogP contribution in [0.15, 0.2) is 24.3 Å². The second-order valence-corrected chi connectivity index (χ2v) is 10.8. The third-order valence-corrected chi connectivity index (χ3v) is 7.17. The molecule has 32 heavy (non-hydrogen) atoms. The summed E-state index contributed by atoms with van der Waals surface area (Å²) < 4.78 is 5.54. The lowest BCUT2D eigenvalue weighted by molar-refractivity contribution is 0.0157. The van der Waals surface area contributed by atoms with Gasteiger partial charge in [0.25, 0.3) is 0 Å². The minimum absolute atomic E-state index is 0.00111. The zero-order chi connectivity index (χ0) is 22.9. The van der Waals surface area contributed by atoms with E-state index in [9.17, 15) is 9.59 Å². The van der Waals surface area contributed by atoms with Gasteiger partial charge in [0.15, 0.2) is 0 Å². The number of carbonyl (C=O) groups excluding carboxylic acids is 2. The second-order valence-electron chi connectivity index (χ2n) is 10.4. The van der Waals surface area contributed by atoms with Gasteiger partial charge in [-0.3, -0.25) is 0 Å². The van der Waals surface area contributed by atoms with Gasteiger partial charge in [-0.15, -0.1) is 0 Å². The topological polar surface area (TPSA) is 53.1 Å². The highest BCUT2D eigenvalue weighted by molar-refractivity contribution is 6.30. The molecule has 0 bridgehead atoms. The Bertz CT molecular complexity index is 826. The molecule has 1 atom stereocenters. The van der Waals surface area contributed by atoms with Crippen LogP contribution in [0.4, 0.5) is 9.59 Å². The van der Waals surface area contributed by atoms with Crippen molar-refractivity contribution in [2.45, 2.75) is 89.4 Å². The summed E-state index contributed by atoms with van der Waals surface area (Å²) in [6.07, 6.45) is 7.12. The molecule has 0 radical (unpaired) electrons. The quantitative estimate of drug-likeness (QED) is 0.567. The lowest BCUT2D eigenvalue weighted by Crippen LogP contribution is -2.50. The summed E-state index contributed by atoms with van der Waals surface area (Å²) in [6.45, 7) is 7.59. The number of carbonyl (C=O) groups is 2. The van der Waals surface area contributed by atoms with E-state index in [0.717, 1.165) is 37.8 Å². The van der Waals surface area contributed by atoms with Gasteiger partial charge in [0, 0.05) is 36.7 Å². The molecule has 2 aliphatic heterocycles. The average molecular weight is 462 g/mol. The van der Waals surface area contributed by atoms with E-state index in [2.05, 4.69) is 15.9 Å². The number of benzene rings is 1. The van der Waals surface area contributed by atoms with Crippen molar-refractivity contribution in [1.82, 2.24) is 14.7 Å². The molecule has 1 aliphatic carbocycles. The Kier molecular flexibility index (Phi) is 6.89. The maximum absolute atomic E-state index is 13.7. The fourth-order valence-electron chi connectivity index (χ4n) is 5.38. The lowest BCUT2D eigenvalue weighted by Gasteiger charge is -2.39. The van der Waals surface area contributed by atoms with Gasteiger partial charge in [0.1, 0.15) is 5.60 Å². The van der Waals surface area contributed by atoms with E-state index < -0.39 is 5.60 Å². The monoisotopic (exact) mass is 461 g/mol. The zero-order valence-corrected chi connectivity index (χ0v) is 20.3. The number of ether oxygens (including phenoxy) is 1. The molecule has 3 aliphatic rings. The van der Waals surface area contributed by atoms with Crippen LogP contribution in [-0.4, -0.2) is 64.1 Å². The van der Waals surface area contributed by atoms with Gasteiger partial charge in [-0.05, 0) is 64.2 Å². The van der Waals surface area contributed by atoms with Crippen molar-refractivity contribution in [3.63, 3.8) is 0 Å².